The van der Waals surface area contributed by atoms with E-state index in [9.17, 15) is 13.2 Å². The molecule has 1 aliphatic rings. The van der Waals surface area contributed by atoms with Gasteiger partial charge >= 0.3 is 0 Å². The number of Topliss-reactive ketones (excluding diaryl/α,β-unsaturated/α-hetero) is 1. The normalized spacial score (nSPS) is 22.3. The van der Waals surface area contributed by atoms with Gasteiger partial charge < -0.3 is 4.74 Å². The summed E-state index contributed by atoms with van der Waals surface area (Å²) in [6.07, 6.45) is 0.416. The van der Waals surface area contributed by atoms with Crippen LogP contribution in [0.5, 0.6) is 5.75 Å². The van der Waals surface area contributed by atoms with Crippen LogP contribution in [0.2, 0.25) is 0 Å². The Morgan fingerprint density at radius 3 is 2.65 bits per heavy atom. The fraction of sp³-hybridized carbons (Fsp3) is 0.417. The Kier molecular flexibility index (Phi) is 3.19. The third-order valence-corrected chi connectivity index (χ3v) is 4.74. The maximum atomic E-state index is 12.2. The Bertz CT molecular complexity index is 533. The Labute approximate surface area is 101 Å². The van der Waals surface area contributed by atoms with Gasteiger partial charge in [-0.1, -0.05) is 12.1 Å². The molecule has 5 heteroatoms. The number of rotatable bonds is 3. The second kappa shape index (κ2) is 4.49. The van der Waals surface area contributed by atoms with E-state index >= 15 is 0 Å². The summed E-state index contributed by atoms with van der Waals surface area (Å²) in [4.78, 5) is 12.2. The number of ether oxygens (including phenoxy) is 1. The molecule has 0 saturated carbocycles. The first-order valence-corrected chi connectivity index (χ1v) is 7.23. The molecule has 1 fully saturated rings. The van der Waals surface area contributed by atoms with Gasteiger partial charge in [0.1, 0.15) is 5.75 Å². The molecule has 1 saturated heterocycles. The minimum Gasteiger partial charge on any atom is -0.496 e. The van der Waals surface area contributed by atoms with Crippen LogP contribution in [-0.4, -0.2) is 32.8 Å². The van der Waals surface area contributed by atoms with Crippen molar-refractivity contribution in [1.82, 2.24) is 0 Å². The van der Waals surface area contributed by atoms with E-state index in [2.05, 4.69) is 0 Å². The van der Waals surface area contributed by atoms with E-state index in [4.69, 9.17) is 4.74 Å². The molecule has 1 unspecified atom stereocenters. The molecule has 1 aromatic carbocycles. The number of ketones is 1. The predicted molar refractivity (Wildman–Crippen MR) is 64.1 cm³/mol. The summed E-state index contributed by atoms with van der Waals surface area (Å²) >= 11 is 0. The zero-order valence-corrected chi connectivity index (χ0v) is 10.4. The van der Waals surface area contributed by atoms with Crippen LogP contribution in [0.15, 0.2) is 24.3 Å². The van der Waals surface area contributed by atoms with Gasteiger partial charge in [0.05, 0.1) is 24.2 Å². The zero-order valence-electron chi connectivity index (χ0n) is 9.55. The number of benzene rings is 1. The largest absolute Gasteiger partial charge is 0.496 e. The minimum atomic E-state index is -3.03. The Hall–Kier alpha value is -1.36. The summed E-state index contributed by atoms with van der Waals surface area (Å²) in [6, 6.07) is 6.91. The van der Waals surface area contributed by atoms with E-state index in [-0.39, 0.29) is 17.3 Å². The number of carbonyl (C=O) groups excluding carboxylic acids is 1. The Morgan fingerprint density at radius 2 is 2.06 bits per heavy atom. The van der Waals surface area contributed by atoms with Crippen LogP contribution in [-0.2, 0) is 9.84 Å². The molecule has 92 valence electrons. The average molecular weight is 254 g/mol. The molecule has 0 N–H and O–H groups in total. The molecule has 1 heterocycles. The molecule has 0 spiro atoms. The molecule has 0 radical (unpaired) electrons. The summed E-state index contributed by atoms with van der Waals surface area (Å²) in [5.74, 6) is 0.0178. The van der Waals surface area contributed by atoms with E-state index in [1.54, 1.807) is 24.3 Å². The highest BCUT2D eigenvalue weighted by Gasteiger charge is 2.34. The SMILES string of the molecule is COc1ccccc1C(=O)C1CCS(=O)(=O)C1. The summed E-state index contributed by atoms with van der Waals surface area (Å²) in [6.45, 7) is 0. The topological polar surface area (TPSA) is 60.4 Å². The highest BCUT2D eigenvalue weighted by Crippen LogP contribution is 2.27. The first-order valence-electron chi connectivity index (χ1n) is 5.41. The molecule has 0 bridgehead atoms. The van der Waals surface area contributed by atoms with Gasteiger partial charge in [0, 0.05) is 5.92 Å². The van der Waals surface area contributed by atoms with E-state index < -0.39 is 15.8 Å². The summed E-state index contributed by atoms with van der Waals surface area (Å²) in [5, 5.41) is 0. The molecule has 0 aromatic heterocycles. The summed E-state index contributed by atoms with van der Waals surface area (Å²) in [7, 11) is -1.53. The molecule has 0 amide bonds. The van der Waals surface area contributed by atoms with Crippen molar-refractivity contribution in [3.05, 3.63) is 29.8 Å². The first-order chi connectivity index (χ1) is 8.03. The second-order valence-electron chi connectivity index (χ2n) is 4.16. The van der Waals surface area contributed by atoms with Gasteiger partial charge in [-0.3, -0.25) is 4.79 Å². The van der Waals surface area contributed by atoms with Crippen molar-refractivity contribution in [3.8, 4) is 5.75 Å². The van der Waals surface area contributed by atoms with Gasteiger partial charge in [-0.25, -0.2) is 8.42 Å². The monoisotopic (exact) mass is 254 g/mol. The van der Waals surface area contributed by atoms with Crippen molar-refractivity contribution >= 4 is 15.6 Å². The summed E-state index contributed by atoms with van der Waals surface area (Å²) in [5.41, 5.74) is 0.470. The van der Waals surface area contributed by atoms with Crippen molar-refractivity contribution < 1.29 is 17.9 Å². The lowest BCUT2D eigenvalue weighted by atomic mass is 9.96. The maximum Gasteiger partial charge on any atom is 0.170 e. The number of methoxy groups -OCH3 is 1. The molecule has 4 nitrogen and oxygen atoms in total. The molecule has 2 rings (SSSR count). The van der Waals surface area contributed by atoms with Crippen LogP contribution in [0, 0.1) is 5.92 Å². The van der Waals surface area contributed by atoms with Crippen molar-refractivity contribution in [2.45, 2.75) is 6.42 Å². The Balaban J connectivity index is 2.26. The third kappa shape index (κ3) is 2.49. The number of sulfone groups is 1. The lowest BCUT2D eigenvalue weighted by molar-refractivity contribution is 0.0930. The van der Waals surface area contributed by atoms with Gasteiger partial charge in [0.15, 0.2) is 15.6 Å². The van der Waals surface area contributed by atoms with Crippen LogP contribution in [0.1, 0.15) is 16.8 Å². The van der Waals surface area contributed by atoms with Crippen molar-refractivity contribution in [3.63, 3.8) is 0 Å². The van der Waals surface area contributed by atoms with Gasteiger partial charge in [0.2, 0.25) is 0 Å². The van der Waals surface area contributed by atoms with E-state index in [0.29, 0.717) is 17.7 Å². The number of para-hydroxylation sites is 1. The van der Waals surface area contributed by atoms with Crippen LogP contribution >= 0.6 is 0 Å². The quantitative estimate of drug-likeness (QED) is 0.763. The number of hydrogen-bond donors (Lipinski definition) is 0. The smallest absolute Gasteiger partial charge is 0.170 e. The first kappa shape index (κ1) is 12.1. The van der Waals surface area contributed by atoms with Gasteiger partial charge in [-0.05, 0) is 18.6 Å². The van der Waals surface area contributed by atoms with Crippen LogP contribution < -0.4 is 4.74 Å². The fourth-order valence-electron chi connectivity index (χ4n) is 2.07. The molecule has 17 heavy (non-hydrogen) atoms. The average Bonchev–Trinajstić information content (AvgIpc) is 2.68. The van der Waals surface area contributed by atoms with Crippen molar-refractivity contribution in [1.29, 1.82) is 0 Å². The highest BCUT2D eigenvalue weighted by molar-refractivity contribution is 7.91. The number of hydrogen-bond acceptors (Lipinski definition) is 4. The zero-order chi connectivity index (χ0) is 12.5. The van der Waals surface area contributed by atoms with E-state index in [0.717, 1.165) is 0 Å². The maximum absolute atomic E-state index is 12.2. The minimum absolute atomic E-state index is 0.0378. The van der Waals surface area contributed by atoms with E-state index in [1.165, 1.54) is 7.11 Å². The Morgan fingerprint density at radius 1 is 1.35 bits per heavy atom. The van der Waals surface area contributed by atoms with Gasteiger partial charge in [-0.2, -0.15) is 0 Å². The van der Waals surface area contributed by atoms with Crippen LogP contribution in [0.3, 0.4) is 0 Å². The standard InChI is InChI=1S/C12H14O4S/c1-16-11-5-3-2-4-10(11)12(13)9-6-7-17(14,15)8-9/h2-5,9H,6-8H2,1H3. The van der Waals surface area contributed by atoms with Gasteiger partial charge in [-0.15, -0.1) is 0 Å². The van der Waals surface area contributed by atoms with Crippen LogP contribution in [0.4, 0.5) is 0 Å². The fourth-order valence-corrected chi connectivity index (χ4v) is 3.81. The molecule has 1 aliphatic heterocycles. The summed E-state index contributed by atoms with van der Waals surface area (Å²) < 4.78 is 27.8. The lowest BCUT2D eigenvalue weighted by Gasteiger charge is -2.10. The molecular weight excluding hydrogens is 240 g/mol. The van der Waals surface area contributed by atoms with Crippen molar-refractivity contribution in [2.24, 2.45) is 5.92 Å². The predicted octanol–water partition coefficient (Wildman–Crippen LogP) is 1.31. The molecule has 1 atom stereocenters. The highest BCUT2D eigenvalue weighted by atomic mass is 32.2. The molecule has 0 aliphatic carbocycles. The van der Waals surface area contributed by atoms with Crippen molar-refractivity contribution in [2.75, 3.05) is 18.6 Å². The molecular formula is C12H14O4S. The second-order valence-corrected chi connectivity index (χ2v) is 6.39. The lowest BCUT2D eigenvalue weighted by Crippen LogP contribution is -2.17. The number of carbonyl (C=O) groups is 1. The van der Waals surface area contributed by atoms with Gasteiger partial charge in [0.25, 0.3) is 0 Å². The molecule has 1 aromatic rings. The third-order valence-electron chi connectivity index (χ3n) is 2.98. The van der Waals surface area contributed by atoms with E-state index in [1.807, 2.05) is 0 Å². The van der Waals surface area contributed by atoms with Crippen LogP contribution in [0.25, 0.3) is 0 Å².